The summed E-state index contributed by atoms with van der Waals surface area (Å²) in [5.74, 6) is -0.117. The van der Waals surface area contributed by atoms with Crippen LogP contribution in [0, 0.1) is 5.41 Å². The molecule has 0 spiro atoms. The summed E-state index contributed by atoms with van der Waals surface area (Å²) in [5, 5.41) is 12.3. The molecule has 136 valence electrons. The topological polar surface area (TPSA) is 109 Å². The highest BCUT2D eigenvalue weighted by Crippen LogP contribution is 2.21. The lowest BCUT2D eigenvalue weighted by Crippen LogP contribution is -2.15. The number of Topliss-reactive ketones (excluding diaryl/α,β-unsaturated/α-hetero) is 1. The first kappa shape index (κ1) is 18.8. The molecule has 0 aliphatic carbocycles. The summed E-state index contributed by atoms with van der Waals surface area (Å²) in [4.78, 5) is 29.5. The molecule has 0 atom stereocenters. The van der Waals surface area contributed by atoms with Crippen molar-refractivity contribution in [3.8, 4) is 0 Å². The van der Waals surface area contributed by atoms with Crippen LogP contribution in [0.25, 0.3) is 0 Å². The highest BCUT2D eigenvalue weighted by Gasteiger charge is 2.17. The molecule has 0 saturated heterocycles. The minimum Gasteiger partial charge on any atom is -0.384 e. The monoisotopic (exact) mass is 398 g/mol. The number of carbonyl (C=O) groups excluding carboxylic acids is 2. The summed E-state index contributed by atoms with van der Waals surface area (Å²) in [6.07, 6.45) is 1.54. The zero-order chi connectivity index (χ0) is 19.4. The first-order valence-corrected chi connectivity index (χ1v) is 9.16. The van der Waals surface area contributed by atoms with Gasteiger partial charge in [-0.2, -0.15) is 0 Å². The molecule has 4 N–H and O–H groups in total. The number of benzene rings is 1. The molecular formula is C19H15ClN4O2S. The van der Waals surface area contributed by atoms with Gasteiger partial charge in [-0.25, -0.2) is 4.98 Å². The van der Waals surface area contributed by atoms with E-state index in [0.717, 1.165) is 0 Å². The second kappa shape index (κ2) is 8.11. The van der Waals surface area contributed by atoms with E-state index in [-0.39, 0.29) is 23.9 Å². The molecule has 0 radical (unpaired) electrons. The van der Waals surface area contributed by atoms with Crippen molar-refractivity contribution in [2.75, 3.05) is 5.32 Å². The molecule has 0 saturated carbocycles. The predicted molar refractivity (Wildman–Crippen MR) is 107 cm³/mol. The number of hydrogen-bond donors (Lipinski definition) is 3. The van der Waals surface area contributed by atoms with E-state index in [1.165, 1.54) is 17.5 Å². The van der Waals surface area contributed by atoms with Gasteiger partial charge in [-0.05, 0) is 29.1 Å². The normalized spacial score (nSPS) is 10.4. The maximum atomic E-state index is 12.5. The summed E-state index contributed by atoms with van der Waals surface area (Å²) in [7, 11) is 0. The zero-order valence-electron chi connectivity index (χ0n) is 14.0. The van der Waals surface area contributed by atoms with E-state index in [9.17, 15) is 9.59 Å². The van der Waals surface area contributed by atoms with E-state index < -0.39 is 0 Å². The molecule has 8 heteroatoms. The molecule has 0 unspecified atom stereocenters. The Hall–Kier alpha value is -3.03. The second-order valence-electron chi connectivity index (χ2n) is 5.68. The molecule has 1 amide bonds. The van der Waals surface area contributed by atoms with Crippen LogP contribution in [-0.2, 0) is 6.42 Å². The van der Waals surface area contributed by atoms with E-state index in [1.807, 2.05) is 0 Å². The third-order valence-electron chi connectivity index (χ3n) is 3.79. The molecule has 0 aliphatic rings. The number of aromatic nitrogens is 1. The number of anilines is 1. The van der Waals surface area contributed by atoms with Gasteiger partial charge < -0.3 is 11.1 Å². The number of amidine groups is 1. The number of amides is 1. The average molecular weight is 399 g/mol. The lowest BCUT2D eigenvalue weighted by atomic mass is 10.0. The van der Waals surface area contributed by atoms with Gasteiger partial charge in [0, 0.05) is 23.7 Å². The molecule has 0 aliphatic heterocycles. The molecule has 2 aromatic heterocycles. The van der Waals surface area contributed by atoms with Gasteiger partial charge in [-0.1, -0.05) is 35.9 Å². The number of pyridine rings is 1. The van der Waals surface area contributed by atoms with Gasteiger partial charge in [0.25, 0.3) is 5.91 Å². The Balaban J connectivity index is 1.72. The minimum atomic E-state index is -0.324. The van der Waals surface area contributed by atoms with Crippen LogP contribution in [0.3, 0.4) is 0 Å². The Morgan fingerprint density at radius 3 is 2.44 bits per heavy atom. The third kappa shape index (κ3) is 4.58. The Morgan fingerprint density at radius 2 is 1.81 bits per heavy atom. The van der Waals surface area contributed by atoms with E-state index in [4.69, 9.17) is 22.7 Å². The van der Waals surface area contributed by atoms with Crippen molar-refractivity contribution in [2.24, 2.45) is 5.73 Å². The van der Waals surface area contributed by atoms with Gasteiger partial charge in [-0.15, -0.1) is 11.3 Å². The lowest BCUT2D eigenvalue weighted by Gasteiger charge is -2.06. The van der Waals surface area contributed by atoms with Gasteiger partial charge in [0.05, 0.1) is 9.90 Å². The Kier molecular flexibility index (Phi) is 5.63. The maximum absolute atomic E-state index is 12.5. The first-order chi connectivity index (χ1) is 12.9. The summed E-state index contributed by atoms with van der Waals surface area (Å²) in [5.41, 5.74) is 7.11. The van der Waals surface area contributed by atoms with Gasteiger partial charge in [0.1, 0.15) is 11.7 Å². The summed E-state index contributed by atoms with van der Waals surface area (Å²) >= 11 is 7.05. The van der Waals surface area contributed by atoms with Gasteiger partial charge in [0.2, 0.25) is 0 Å². The van der Waals surface area contributed by atoms with Gasteiger partial charge in [0.15, 0.2) is 5.78 Å². The van der Waals surface area contributed by atoms with E-state index in [0.29, 0.717) is 32.4 Å². The molecule has 27 heavy (non-hydrogen) atoms. The smallest absolute Gasteiger partial charge is 0.267 e. The highest BCUT2D eigenvalue weighted by atomic mass is 35.5. The van der Waals surface area contributed by atoms with Crippen LogP contribution in [0.2, 0.25) is 5.02 Å². The van der Waals surface area contributed by atoms with Gasteiger partial charge >= 0.3 is 0 Å². The second-order valence-corrected chi connectivity index (χ2v) is 7.03. The Labute approximate surface area is 164 Å². The Bertz CT molecular complexity index is 997. The van der Waals surface area contributed by atoms with Crippen molar-refractivity contribution >= 4 is 46.3 Å². The largest absolute Gasteiger partial charge is 0.384 e. The van der Waals surface area contributed by atoms with Crippen molar-refractivity contribution in [1.29, 1.82) is 5.41 Å². The van der Waals surface area contributed by atoms with Crippen molar-refractivity contribution in [2.45, 2.75) is 6.42 Å². The number of carbonyl (C=O) groups is 2. The molecule has 2 heterocycles. The average Bonchev–Trinajstić information content (AvgIpc) is 3.12. The van der Waals surface area contributed by atoms with Gasteiger partial charge in [-0.3, -0.25) is 15.0 Å². The molecule has 3 aromatic rings. The summed E-state index contributed by atoms with van der Waals surface area (Å²) < 4.78 is 0. The van der Waals surface area contributed by atoms with Crippen LogP contribution in [0.5, 0.6) is 0 Å². The third-order valence-corrected chi connectivity index (χ3v) is 4.97. The number of nitrogens with zero attached hydrogens (tertiary/aromatic N) is 1. The molecule has 0 fully saturated rings. The van der Waals surface area contributed by atoms with Crippen molar-refractivity contribution in [3.63, 3.8) is 0 Å². The molecular weight excluding hydrogens is 384 g/mol. The first-order valence-electron chi connectivity index (χ1n) is 7.91. The number of thiophene rings is 1. The van der Waals surface area contributed by atoms with Crippen molar-refractivity contribution < 1.29 is 9.59 Å². The van der Waals surface area contributed by atoms with E-state index in [1.54, 1.807) is 47.8 Å². The fraction of sp³-hybridized carbons (Fsp3) is 0.0526. The standard InChI is InChI=1S/C19H15ClN4O2S/c20-14-5-6-16(23-10-14)24-19(26)17-13(7-8-27-17)9-15(25)11-1-3-12(4-2-11)18(21)22/h1-8,10H,9H2,(H3,21,22)(H,23,24,26). The van der Waals surface area contributed by atoms with Crippen LogP contribution >= 0.6 is 22.9 Å². The summed E-state index contributed by atoms with van der Waals surface area (Å²) in [6.45, 7) is 0. The fourth-order valence-corrected chi connectivity index (χ4v) is 3.34. The quantitative estimate of drug-likeness (QED) is 0.333. The number of nitrogen functional groups attached to an aromatic ring is 1. The number of ketones is 1. The zero-order valence-corrected chi connectivity index (χ0v) is 15.6. The molecule has 0 bridgehead atoms. The lowest BCUT2D eigenvalue weighted by molar-refractivity contribution is 0.0993. The minimum absolute atomic E-state index is 0.0541. The van der Waals surface area contributed by atoms with Crippen LogP contribution in [-0.4, -0.2) is 22.5 Å². The fourth-order valence-electron chi connectivity index (χ4n) is 2.41. The van der Waals surface area contributed by atoms with Crippen molar-refractivity contribution in [1.82, 2.24) is 4.98 Å². The number of rotatable bonds is 6. The Morgan fingerprint density at radius 1 is 1.11 bits per heavy atom. The number of nitrogens with one attached hydrogen (secondary N) is 2. The molecule has 1 aromatic carbocycles. The van der Waals surface area contributed by atoms with Crippen LogP contribution in [0.15, 0.2) is 54.0 Å². The maximum Gasteiger partial charge on any atom is 0.267 e. The van der Waals surface area contributed by atoms with Crippen LogP contribution in [0.4, 0.5) is 5.82 Å². The van der Waals surface area contributed by atoms with Crippen LogP contribution < -0.4 is 11.1 Å². The number of halogens is 1. The number of hydrogen-bond acceptors (Lipinski definition) is 5. The highest BCUT2D eigenvalue weighted by molar-refractivity contribution is 7.12. The number of nitrogens with two attached hydrogens (primary N) is 1. The van der Waals surface area contributed by atoms with E-state index >= 15 is 0 Å². The van der Waals surface area contributed by atoms with Crippen LogP contribution in [0.1, 0.15) is 31.2 Å². The SMILES string of the molecule is N=C(N)c1ccc(C(=O)Cc2ccsc2C(=O)Nc2ccc(Cl)cn2)cc1. The summed E-state index contributed by atoms with van der Waals surface area (Å²) in [6, 6.07) is 11.5. The molecule has 3 rings (SSSR count). The van der Waals surface area contributed by atoms with Crippen molar-refractivity contribution in [3.05, 3.63) is 80.6 Å². The predicted octanol–water partition coefficient (Wildman–Crippen LogP) is 3.76. The molecule has 6 nitrogen and oxygen atoms in total. The van der Waals surface area contributed by atoms with E-state index in [2.05, 4.69) is 10.3 Å².